The molecule has 0 bridgehead atoms. The minimum Gasteiger partial charge on any atom is -0.481 e. The average molecular weight is 2060 g/mol. The van der Waals surface area contributed by atoms with Gasteiger partial charge in [-0.1, -0.05) is 124 Å². The van der Waals surface area contributed by atoms with Gasteiger partial charge in [0.05, 0.1) is 83.8 Å². The third-order valence-corrected chi connectivity index (χ3v) is 29.6. The SMILES string of the molecule is C=S(=O)(O)CCN(CCC(C)C)C1CCN(C)CC1.C=S(=O)(O)CCN(CCNC)CCC(C)C.CC(=O)CCN(C)CCC(C)C.CC(=O)CCN(CCC(C)C)C1CCN(C)CC1.CC(=O)CN1CCC(N(C)CCC(C)C)CC1.CC(C)CCN(CCCP(C)(=O)O)C1CCN(C)CC1.CCCN(C)C(CC(=O)O)C(=O)CCCC(C)C.CNC(CCCC[N+](C)(C)C)C(=O)N(C)CCC(C)C. The van der Waals surface area contributed by atoms with Crippen molar-refractivity contribution < 1.29 is 65.3 Å². The molecular weight excluding hydrogens is 1820 g/mol. The maximum Gasteiger partial charge on any atom is 0.305 e. The van der Waals surface area contributed by atoms with E-state index in [1.807, 2.05) is 44.9 Å². The van der Waals surface area contributed by atoms with Gasteiger partial charge in [0.1, 0.15) is 17.3 Å². The van der Waals surface area contributed by atoms with Crippen LogP contribution in [0.25, 0.3) is 0 Å². The zero-order chi connectivity index (χ0) is 108. The summed E-state index contributed by atoms with van der Waals surface area (Å²) in [4.78, 5) is 105. The number of unbranched alkanes of at least 4 members (excludes halogenated alkanes) is 1. The maximum absolute atomic E-state index is 12.3. The Bertz CT molecular complexity index is 3360. The molecule has 4 aliphatic rings. The lowest BCUT2D eigenvalue weighted by molar-refractivity contribution is -0.870. The summed E-state index contributed by atoms with van der Waals surface area (Å²) in [5, 5.41) is 15.1. The molecule has 0 radical (unpaired) electrons. The number of hydrogen-bond acceptors (Lipinski definition) is 22. The number of rotatable bonds is 63. The Hall–Kier alpha value is -2.79. The van der Waals surface area contributed by atoms with Gasteiger partial charge in [-0.15, -0.1) is 0 Å². The molecule has 4 rings (SSSR count). The van der Waals surface area contributed by atoms with E-state index in [4.69, 9.17) is 9.66 Å². The second kappa shape index (κ2) is 83.0. The molecule has 0 aromatic carbocycles. The van der Waals surface area contributed by atoms with E-state index >= 15 is 0 Å². The third-order valence-electron chi connectivity index (χ3n) is 26.8. The van der Waals surface area contributed by atoms with Crippen molar-refractivity contribution in [2.75, 3.05) is 273 Å². The minimum absolute atomic E-state index is 0.0281. The van der Waals surface area contributed by atoms with Gasteiger partial charge in [-0.05, 0) is 363 Å². The van der Waals surface area contributed by atoms with Crippen LogP contribution in [-0.4, -0.2) is 446 Å². The van der Waals surface area contributed by atoms with Crippen molar-refractivity contribution in [2.24, 2.45) is 47.3 Å². The number of carbonyl (C=O) groups is 6. The standard InChI is InChI=1S/C16H36N3O.C15H33N2O2P.C15H30N2O.C14H30N2O2S.C14H28N2O.C14H27NO3.C11H26N2O2S.C10H21NO/c1-14(2)11-12-18(4)16(20)15(17-3)10-8-9-13-19(5,6)7;1-14(2)6-12-17(9-5-13-20(4,18)19)15-7-10-16(3)11-8-15;1-13(2)5-11-17(12-6-14(3)18)15-7-9-16(4)10-8-15;1-13(2)5-10-16(11-12-19(4,17)18)14-6-8-15(3)9-7-14;1-12(2)5-8-15(4)14-6-9-16(10-7-14)11-13(3)17;1-5-9-15(4)12(10-14(17)18)13(16)8-6-7-11(2)3;1-11(2)5-7-13(8-6-12-3)9-10-16(4,14)15;1-9(2)5-7-11(4)8-6-10(3)12/h14-15,17H,8-13H2,1-7H3;14-15H,5-13H2,1-4H3,(H,18,19);13,15H,5-12H2,1-4H3;13-14H,4-12H2,1-3H3,(H,17,18);12,14H,5-11H2,1-4H3;11-12H,5-10H2,1-4H3,(H,17,18);11-12H,4-10H2,1-3H3,(H,14,15);9H,5-8H2,1-4H3/q+1;;;;;;;. The van der Waals surface area contributed by atoms with Gasteiger partial charge in [-0.3, -0.25) is 52.9 Å². The van der Waals surface area contributed by atoms with E-state index in [1.165, 1.54) is 123 Å². The lowest BCUT2D eigenvalue weighted by atomic mass is 9.99. The van der Waals surface area contributed by atoms with E-state index in [-0.39, 0.29) is 47.2 Å². The van der Waals surface area contributed by atoms with E-state index < -0.39 is 39.0 Å². The molecule has 0 aliphatic carbocycles. The first-order valence-corrected chi connectivity index (χ1v) is 60.8. The maximum atomic E-state index is 12.3. The topological polar surface area (TPSA) is 297 Å². The highest BCUT2D eigenvalue weighted by molar-refractivity contribution is 7.95. The molecule has 4 saturated heterocycles. The zero-order valence-corrected chi connectivity index (χ0v) is 99.7. The summed E-state index contributed by atoms with van der Waals surface area (Å²) in [5.74, 6) is 13.0. The van der Waals surface area contributed by atoms with Crippen LogP contribution in [0.1, 0.15) is 305 Å². The summed E-state index contributed by atoms with van der Waals surface area (Å²) in [6.45, 7) is 69.2. The van der Waals surface area contributed by atoms with Crippen molar-refractivity contribution in [3.63, 3.8) is 0 Å². The molecule has 140 heavy (non-hydrogen) atoms. The second-order valence-electron chi connectivity index (χ2n) is 46.4. The molecule has 0 aromatic heterocycles. The number of quaternary nitrogens is 1. The number of piperidine rings is 4. The van der Waals surface area contributed by atoms with Crippen LogP contribution in [0.15, 0.2) is 0 Å². The van der Waals surface area contributed by atoms with Gasteiger partial charge in [0.15, 0.2) is 13.2 Å². The van der Waals surface area contributed by atoms with Gasteiger partial charge in [0.25, 0.3) is 0 Å². The molecule has 836 valence electrons. The van der Waals surface area contributed by atoms with Gasteiger partial charge in [-0.25, -0.2) is 8.42 Å². The number of nitrogens with zero attached hydrogens (tertiary/aromatic N) is 13. The molecule has 4 heterocycles. The molecule has 28 nitrogen and oxygen atoms in total. The fourth-order valence-electron chi connectivity index (χ4n) is 16.8. The first kappa shape index (κ1) is 143. The summed E-state index contributed by atoms with van der Waals surface area (Å²) in [6.07, 6.45) is 27.1. The number of aliphatic carboxylic acids is 1. The number of nitrogens with one attached hydrogen (secondary N) is 2. The summed E-state index contributed by atoms with van der Waals surface area (Å²) in [6, 6.07) is 2.15. The second-order valence-corrected chi connectivity index (χ2v) is 52.8. The fraction of sp³-hybridized carbons (Fsp3) is 0.927. The van der Waals surface area contributed by atoms with Gasteiger partial charge in [0, 0.05) is 122 Å². The van der Waals surface area contributed by atoms with Gasteiger partial charge < -0.3 is 73.4 Å². The van der Waals surface area contributed by atoms with E-state index in [0.717, 1.165) is 203 Å². The first-order chi connectivity index (χ1) is 64.9. The van der Waals surface area contributed by atoms with E-state index in [9.17, 15) is 51.2 Å². The smallest absolute Gasteiger partial charge is 0.305 e. The van der Waals surface area contributed by atoms with Crippen LogP contribution < -0.4 is 10.6 Å². The Balaban J connectivity index is -0.000000758. The van der Waals surface area contributed by atoms with Crippen LogP contribution in [-0.2, 0) is 52.9 Å². The Morgan fingerprint density at radius 2 is 0.843 bits per heavy atom. The largest absolute Gasteiger partial charge is 0.481 e. The monoisotopic (exact) mass is 2050 g/mol. The summed E-state index contributed by atoms with van der Waals surface area (Å²) < 4.78 is 53.4. The van der Waals surface area contributed by atoms with Crippen LogP contribution >= 0.6 is 7.37 Å². The van der Waals surface area contributed by atoms with Crippen molar-refractivity contribution in [3.05, 3.63) is 0 Å². The lowest BCUT2D eigenvalue weighted by Crippen LogP contribution is -2.45. The molecule has 0 saturated carbocycles. The molecule has 1 amide bonds. The van der Waals surface area contributed by atoms with E-state index in [1.54, 1.807) is 20.8 Å². The van der Waals surface area contributed by atoms with E-state index in [2.05, 4.69) is 239 Å². The predicted molar refractivity (Wildman–Crippen MR) is 604 cm³/mol. The van der Waals surface area contributed by atoms with Crippen molar-refractivity contribution in [1.29, 1.82) is 0 Å². The van der Waals surface area contributed by atoms with Crippen LogP contribution in [0.5, 0.6) is 0 Å². The summed E-state index contributed by atoms with van der Waals surface area (Å²) in [5.41, 5.74) is 0. The fourth-order valence-corrected chi connectivity index (χ4v) is 18.6. The molecular formula is C109H231N15O13PS2+. The van der Waals surface area contributed by atoms with Gasteiger partial charge in [-0.2, -0.15) is 0 Å². The normalized spacial score (nSPS) is 17.2. The van der Waals surface area contributed by atoms with Crippen molar-refractivity contribution in [3.8, 4) is 0 Å². The third kappa shape index (κ3) is 90.3. The van der Waals surface area contributed by atoms with Crippen LogP contribution in [0, 0.1) is 47.3 Å². The highest BCUT2D eigenvalue weighted by Gasteiger charge is 2.30. The van der Waals surface area contributed by atoms with Crippen molar-refractivity contribution in [1.82, 2.24) is 69.4 Å². The van der Waals surface area contributed by atoms with Crippen LogP contribution in [0.2, 0.25) is 0 Å². The number of carbonyl (C=O) groups excluding carboxylic acids is 5. The Morgan fingerprint density at radius 3 is 1.22 bits per heavy atom. The summed E-state index contributed by atoms with van der Waals surface area (Å²) in [7, 11) is 16.5. The Morgan fingerprint density at radius 1 is 0.457 bits per heavy atom. The molecule has 5 atom stereocenters. The number of hydrogen-bond donors (Lipinski definition) is 6. The molecule has 0 aromatic rings. The molecule has 6 N–H and O–H groups in total. The van der Waals surface area contributed by atoms with Crippen molar-refractivity contribution in [2.45, 2.75) is 342 Å². The highest BCUT2D eigenvalue weighted by Crippen LogP contribution is 2.36. The van der Waals surface area contributed by atoms with E-state index in [0.29, 0.717) is 92.6 Å². The number of ketones is 4. The Labute approximate surface area is 864 Å². The van der Waals surface area contributed by atoms with Crippen LogP contribution in [0.3, 0.4) is 0 Å². The predicted octanol–water partition coefficient (Wildman–Crippen LogP) is 16.0. The number of carboxylic acids is 1. The van der Waals surface area contributed by atoms with Gasteiger partial charge >= 0.3 is 5.97 Å². The number of carboxylic acid groups (broad SMARTS) is 1. The number of Topliss-reactive ketones (excluding diaryl/α,β-unsaturated/α-hetero) is 4. The molecule has 4 fully saturated rings. The number of amides is 1. The lowest BCUT2D eigenvalue weighted by Gasteiger charge is -2.37. The highest BCUT2D eigenvalue weighted by atomic mass is 32.2. The quantitative estimate of drug-likeness (QED) is 0.0143. The Kier molecular flexibility index (Phi) is 85.1. The molecule has 0 spiro atoms. The minimum atomic E-state index is -2.86. The van der Waals surface area contributed by atoms with Gasteiger partial charge in [0.2, 0.25) is 5.91 Å². The first-order valence-electron chi connectivity index (χ1n) is 54.8. The molecule has 31 heteroatoms. The van der Waals surface area contributed by atoms with Crippen molar-refractivity contribution >= 4 is 73.7 Å². The number of likely N-dealkylation sites (tertiary alicyclic amines) is 4. The summed E-state index contributed by atoms with van der Waals surface area (Å²) >= 11 is 0. The number of likely N-dealkylation sites (N-methyl/N-ethyl adjacent to an activating group) is 4. The zero-order valence-electron chi connectivity index (χ0n) is 97.2. The average Bonchev–Trinajstić information content (AvgIpc) is 0.877. The molecule has 4 aliphatic heterocycles. The van der Waals surface area contributed by atoms with Crippen LogP contribution in [0.4, 0.5) is 0 Å². The molecule has 5 unspecified atom stereocenters.